The van der Waals surface area contributed by atoms with Gasteiger partial charge in [-0.2, -0.15) is 5.10 Å². The average molecular weight is 326 g/mol. The summed E-state index contributed by atoms with van der Waals surface area (Å²) in [6, 6.07) is 0. The van der Waals surface area contributed by atoms with Crippen molar-refractivity contribution in [2.24, 2.45) is 0 Å². The van der Waals surface area contributed by atoms with Crippen LogP contribution in [0.15, 0.2) is 11.0 Å². The van der Waals surface area contributed by atoms with E-state index < -0.39 is 6.10 Å². The first-order valence-corrected chi connectivity index (χ1v) is 8.25. The largest absolute Gasteiger partial charge is 0.393 e. The number of halogens is 1. The second-order valence-corrected chi connectivity index (χ2v) is 5.19. The maximum Gasteiger partial charge on any atom is 0.273 e. The topological polar surface area (TPSA) is 55.1 Å². The fourth-order valence-electron chi connectivity index (χ4n) is 1.16. The van der Waals surface area contributed by atoms with Crippen LogP contribution in [0, 0.1) is 6.92 Å². The summed E-state index contributed by atoms with van der Waals surface area (Å²) in [5, 5.41) is 13.2. The molecule has 2 atom stereocenters. The molecule has 0 fully saturated rings. The number of hydrogen-bond donors (Lipinski definition) is 1. The van der Waals surface area contributed by atoms with Crippen molar-refractivity contribution in [1.82, 2.24) is 9.55 Å². The Morgan fingerprint density at radius 2 is 2.43 bits per heavy atom. The quantitative estimate of drug-likeness (QED) is 0.672. The van der Waals surface area contributed by atoms with Gasteiger partial charge in [-0.1, -0.05) is 0 Å². The number of hydrogen-bond acceptors (Lipinski definition) is 3. The van der Waals surface area contributed by atoms with Crippen molar-refractivity contribution in [3.8, 4) is 0 Å². The molecule has 1 N–H and O–H groups in total. The molecule has 0 aliphatic rings. The Balaban J connectivity index is 3.11. The zero-order valence-electron chi connectivity index (χ0n) is 7.99. The molecule has 0 aromatic carbocycles. The van der Waals surface area contributed by atoms with Gasteiger partial charge in [-0.25, -0.2) is 4.45 Å². The molecule has 1 aromatic heterocycles. The molecule has 0 bridgehead atoms. The number of nitrogens with zero attached hydrogens (tertiary/aromatic N) is 2. The van der Waals surface area contributed by atoms with Crippen molar-refractivity contribution in [3.05, 3.63) is 27.7 Å². The van der Waals surface area contributed by atoms with Gasteiger partial charge in [0.25, 0.3) is 5.56 Å². The third-order valence-electron chi connectivity index (χ3n) is 1.92. The molecular weight excluding hydrogens is 314 g/mol. The minimum absolute atomic E-state index is 0.0594. The summed E-state index contributed by atoms with van der Waals surface area (Å²) < 4.78 is 1.43. The van der Waals surface area contributed by atoms with Crippen molar-refractivity contribution in [3.63, 3.8) is 0 Å². The van der Waals surface area contributed by atoms with Crippen LogP contribution in [-0.4, -0.2) is 20.8 Å². The van der Waals surface area contributed by atoms with Crippen LogP contribution in [0.5, 0.6) is 0 Å². The first-order chi connectivity index (χ1) is 6.56. The van der Waals surface area contributed by atoms with Crippen LogP contribution in [0.4, 0.5) is 0 Å². The van der Waals surface area contributed by atoms with E-state index in [9.17, 15) is 9.90 Å². The highest BCUT2D eigenvalue weighted by atomic mass is 127. The molecule has 14 heavy (non-hydrogen) atoms. The van der Waals surface area contributed by atoms with E-state index in [2.05, 4.69) is 27.1 Å². The van der Waals surface area contributed by atoms with Gasteiger partial charge in [0.05, 0.1) is 18.7 Å². The molecular formula is C8H12IN2O2P. The van der Waals surface area contributed by atoms with Gasteiger partial charge in [-0.3, -0.25) is 4.79 Å². The minimum atomic E-state index is -0.437. The standard InChI is InChI=1S/C8H12IN2O2P/c1-5(12)3-7-4-10-11(14-9)8(13)6(7)2/h4-5,12,14H,3H2,1-2H3. The van der Waals surface area contributed by atoms with E-state index in [1.807, 2.05) is 0 Å². The summed E-state index contributed by atoms with van der Waals surface area (Å²) in [7, 11) is 0. The number of aromatic nitrogens is 2. The van der Waals surface area contributed by atoms with Crippen LogP contribution >= 0.6 is 28.4 Å². The second kappa shape index (κ2) is 5.19. The summed E-state index contributed by atoms with van der Waals surface area (Å²) in [5.41, 5.74) is 1.46. The molecule has 1 aromatic rings. The van der Waals surface area contributed by atoms with Gasteiger partial charge in [-0.05, 0) is 41.5 Å². The normalized spacial score (nSPS) is 13.7. The molecule has 1 heterocycles. The summed E-state index contributed by atoms with van der Waals surface area (Å²) in [4.78, 5) is 11.6. The Bertz CT molecular complexity index is 378. The van der Waals surface area contributed by atoms with Crippen LogP contribution < -0.4 is 5.56 Å². The summed E-state index contributed by atoms with van der Waals surface area (Å²) in [5.74, 6) is 0. The zero-order chi connectivity index (χ0) is 10.7. The van der Waals surface area contributed by atoms with Gasteiger partial charge >= 0.3 is 0 Å². The Labute approximate surface area is 97.0 Å². The van der Waals surface area contributed by atoms with Gasteiger partial charge in [-0.15, -0.1) is 0 Å². The Morgan fingerprint density at radius 3 is 2.93 bits per heavy atom. The average Bonchev–Trinajstić information content (AvgIpc) is 2.13. The molecule has 0 saturated carbocycles. The molecule has 0 amide bonds. The lowest BCUT2D eigenvalue weighted by atomic mass is 10.1. The van der Waals surface area contributed by atoms with Gasteiger partial charge in [0.2, 0.25) is 0 Å². The third kappa shape index (κ3) is 2.74. The molecule has 4 nitrogen and oxygen atoms in total. The lowest BCUT2D eigenvalue weighted by molar-refractivity contribution is 0.195. The molecule has 0 spiro atoms. The van der Waals surface area contributed by atoms with E-state index in [0.29, 0.717) is 18.4 Å². The number of aliphatic hydroxyl groups excluding tert-OH is 1. The third-order valence-corrected chi connectivity index (χ3v) is 3.77. The maximum absolute atomic E-state index is 11.6. The van der Waals surface area contributed by atoms with Crippen LogP contribution in [0.1, 0.15) is 18.1 Å². The summed E-state index contributed by atoms with van der Waals surface area (Å²) in [6.45, 7) is 3.47. The molecule has 0 aliphatic carbocycles. The summed E-state index contributed by atoms with van der Waals surface area (Å²) in [6.07, 6.45) is 2.03. The van der Waals surface area contributed by atoms with E-state index in [0.717, 1.165) is 5.56 Å². The highest BCUT2D eigenvalue weighted by molar-refractivity contribution is 14.2. The monoisotopic (exact) mass is 326 g/mol. The molecule has 0 saturated heterocycles. The predicted octanol–water partition coefficient (Wildman–Crippen LogP) is 1.27. The lowest BCUT2D eigenvalue weighted by Crippen LogP contribution is -2.21. The Morgan fingerprint density at radius 1 is 1.79 bits per heavy atom. The highest BCUT2D eigenvalue weighted by Crippen LogP contribution is 2.19. The van der Waals surface area contributed by atoms with Crippen molar-refractivity contribution < 1.29 is 5.11 Å². The fourth-order valence-corrected chi connectivity index (χ4v) is 2.53. The van der Waals surface area contributed by atoms with Crippen LogP contribution in [-0.2, 0) is 6.42 Å². The van der Waals surface area contributed by atoms with Gasteiger partial charge < -0.3 is 5.11 Å². The van der Waals surface area contributed by atoms with Crippen molar-refractivity contribution in [2.45, 2.75) is 26.4 Å². The molecule has 1 rings (SSSR count). The smallest absolute Gasteiger partial charge is 0.273 e. The summed E-state index contributed by atoms with van der Waals surface area (Å²) >= 11 is 2.11. The van der Waals surface area contributed by atoms with E-state index in [1.54, 1.807) is 20.0 Å². The lowest BCUT2D eigenvalue weighted by Gasteiger charge is -2.08. The predicted molar refractivity (Wildman–Crippen MR) is 66.4 cm³/mol. The van der Waals surface area contributed by atoms with Gasteiger partial charge in [0.15, 0.2) is 0 Å². The zero-order valence-corrected chi connectivity index (χ0v) is 11.1. The molecule has 78 valence electrons. The van der Waals surface area contributed by atoms with Gasteiger partial charge in [0.1, 0.15) is 0 Å². The number of aliphatic hydroxyl groups is 1. The molecule has 0 radical (unpaired) electrons. The van der Waals surface area contributed by atoms with Crippen LogP contribution in [0.3, 0.4) is 0 Å². The van der Waals surface area contributed by atoms with Crippen molar-refractivity contribution in [1.29, 1.82) is 0 Å². The van der Waals surface area contributed by atoms with E-state index in [1.165, 1.54) is 4.45 Å². The fraction of sp³-hybridized carbons (Fsp3) is 0.500. The first kappa shape index (κ1) is 12.1. The molecule has 2 unspecified atom stereocenters. The maximum atomic E-state index is 11.6. The first-order valence-electron chi connectivity index (χ1n) is 4.18. The highest BCUT2D eigenvalue weighted by Gasteiger charge is 2.08. The van der Waals surface area contributed by atoms with Gasteiger partial charge in [0, 0.05) is 12.0 Å². The van der Waals surface area contributed by atoms with E-state index in [-0.39, 0.29) is 5.56 Å². The van der Waals surface area contributed by atoms with E-state index >= 15 is 0 Å². The van der Waals surface area contributed by atoms with Crippen molar-refractivity contribution in [2.75, 3.05) is 0 Å². The molecule has 6 heteroatoms. The second-order valence-electron chi connectivity index (χ2n) is 3.15. The molecule has 0 aliphatic heterocycles. The van der Waals surface area contributed by atoms with Crippen molar-refractivity contribution >= 4 is 28.4 Å². The Hall–Kier alpha value is -0.000000000000000111. The van der Waals surface area contributed by atoms with Crippen LogP contribution in [0.25, 0.3) is 0 Å². The Kier molecular flexibility index (Phi) is 4.47. The minimum Gasteiger partial charge on any atom is -0.393 e. The van der Waals surface area contributed by atoms with E-state index in [4.69, 9.17) is 0 Å². The number of rotatable bonds is 3. The SMILES string of the molecule is Cc1c(CC(C)O)cnn(PI)c1=O. The van der Waals surface area contributed by atoms with Crippen LogP contribution in [0.2, 0.25) is 0 Å².